The minimum Gasteiger partial charge on any atom is -0.481 e. The van der Waals surface area contributed by atoms with Crippen LogP contribution in [0.4, 0.5) is 4.79 Å². The number of amides is 10. The minimum atomic E-state index is -1.71. The maximum atomic E-state index is 14.1. The number of benzene rings is 1. The molecular formula is C53H61N11O18S. The lowest BCUT2D eigenvalue weighted by Gasteiger charge is -2.29. The first-order valence-electron chi connectivity index (χ1n) is 26.6. The molecule has 442 valence electrons. The van der Waals surface area contributed by atoms with E-state index in [0.717, 1.165) is 22.1 Å². The Kier molecular flexibility index (Phi) is 21.2. The highest BCUT2D eigenvalue weighted by Crippen LogP contribution is 2.33. The van der Waals surface area contributed by atoms with E-state index in [2.05, 4.69) is 48.5 Å². The highest BCUT2D eigenvalue weighted by atomic mass is 32.2. The zero-order chi connectivity index (χ0) is 59.9. The van der Waals surface area contributed by atoms with Crippen LogP contribution in [0.25, 0.3) is 0 Å². The Morgan fingerprint density at radius 1 is 0.807 bits per heavy atom. The number of aliphatic carboxylic acids is 2. The number of likely N-dealkylation sites (tertiary alicyclic amines) is 1. The topological polar surface area (TPSA) is 405 Å². The molecule has 5 aliphatic rings. The average molecular weight is 1170 g/mol. The standard InChI is InChI=1S/C53H61N11O18S/c1-28-8-15-42(68)63(28)82-52(79)30-11-9-29(10-12-30)22-54-24-33-14-13-31(23-55-33)49(75)59-34(21-45(71)72)50(76)62-18-4-5-37(62)38(65)19-32(20-46(73)81-64-43(69)16-17-44(64)70)48(74)57-26-41(67)58-35(51(77)78)25-56-40(66)7-3-2-6-39-47-36(27-83-39)60-53(80)61-47/h9-14,22-23,32,34-37,39,47H,1-8,15-21,24-27H2,(H,56,66)(H,57,74)(H,58,67)(H,59,75)(H,71,72)(H,77,78)(H2,60,61,80). The molecule has 5 aliphatic heterocycles. The van der Waals surface area contributed by atoms with Gasteiger partial charge in [0.1, 0.15) is 12.1 Å². The molecule has 1 aromatic heterocycles. The van der Waals surface area contributed by atoms with Gasteiger partial charge in [0.2, 0.25) is 23.6 Å². The van der Waals surface area contributed by atoms with Crippen molar-refractivity contribution in [3.63, 3.8) is 0 Å². The summed E-state index contributed by atoms with van der Waals surface area (Å²) in [5, 5.41) is 35.9. The summed E-state index contributed by atoms with van der Waals surface area (Å²) < 4.78 is 0. The molecule has 0 saturated carbocycles. The molecule has 7 rings (SSSR count). The monoisotopic (exact) mass is 1170 g/mol. The number of urea groups is 1. The summed E-state index contributed by atoms with van der Waals surface area (Å²) in [6.45, 7) is 2.26. The molecule has 2 aromatic rings. The van der Waals surface area contributed by atoms with Crippen molar-refractivity contribution in [1.29, 1.82) is 0 Å². The zero-order valence-electron chi connectivity index (χ0n) is 44.7. The third-order valence-electron chi connectivity index (χ3n) is 14.0. The SMILES string of the molecule is C=C1CCC(=O)N1OC(=O)c1ccc(C=NCc2ccc(C(=O)NC(CC(=O)O)C(=O)N3CCCC3C(=O)CC(CC(=O)ON3C(=O)CCC3=O)C(=O)NCC(=O)NC(CNC(=O)CCCCC3SCC4NC(=O)NC43)C(=O)O)cn2)cc1. The first-order chi connectivity index (χ1) is 39.6. The summed E-state index contributed by atoms with van der Waals surface area (Å²) in [5.41, 5.74) is 1.52. The summed E-state index contributed by atoms with van der Waals surface area (Å²) in [4.78, 5) is 198. The molecule has 8 N–H and O–H groups in total. The Morgan fingerprint density at radius 2 is 1.52 bits per heavy atom. The quantitative estimate of drug-likeness (QED) is 0.0232. The van der Waals surface area contributed by atoms with E-state index < -0.39 is 127 Å². The molecule has 10 amide bonds. The minimum absolute atomic E-state index is 0.00435. The van der Waals surface area contributed by atoms with Crippen LogP contribution in [0.2, 0.25) is 0 Å². The molecule has 0 spiro atoms. The number of thioether (sulfide) groups is 1. The van der Waals surface area contributed by atoms with Crippen molar-refractivity contribution in [3.05, 3.63) is 77.3 Å². The molecule has 5 fully saturated rings. The lowest BCUT2D eigenvalue weighted by atomic mass is 9.93. The molecule has 7 unspecified atom stereocenters. The fourth-order valence-electron chi connectivity index (χ4n) is 9.64. The Labute approximate surface area is 477 Å². The van der Waals surface area contributed by atoms with E-state index in [1.807, 2.05) is 0 Å². The van der Waals surface area contributed by atoms with Gasteiger partial charge in [-0.1, -0.05) is 25.1 Å². The van der Waals surface area contributed by atoms with Crippen molar-refractivity contribution < 1.29 is 87.0 Å². The summed E-state index contributed by atoms with van der Waals surface area (Å²) in [6, 6.07) is 4.20. The average Bonchev–Trinajstić information content (AvgIpc) is 4.45. The molecule has 29 nitrogen and oxygen atoms in total. The second-order valence-corrected chi connectivity index (χ2v) is 21.3. The number of pyridine rings is 1. The van der Waals surface area contributed by atoms with E-state index in [0.29, 0.717) is 36.2 Å². The largest absolute Gasteiger partial charge is 0.481 e. The van der Waals surface area contributed by atoms with Crippen LogP contribution < -0.4 is 31.9 Å². The fraction of sp³-hybridized carbons (Fsp3) is 0.472. The highest BCUT2D eigenvalue weighted by molar-refractivity contribution is 8.00. The molecule has 0 bridgehead atoms. The number of hydroxylamine groups is 4. The van der Waals surface area contributed by atoms with Crippen molar-refractivity contribution in [2.24, 2.45) is 10.9 Å². The number of ketones is 1. The number of fused-ring (bicyclic) bond motifs is 1. The van der Waals surface area contributed by atoms with Gasteiger partial charge in [0, 0.05) is 68.6 Å². The predicted octanol–water partition coefficient (Wildman–Crippen LogP) is -0.427. The smallest absolute Gasteiger partial charge is 0.363 e. The maximum absolute atomic E-state index is 14.1. The number of carboxylic acid groups (broad SMARTS) is 2. The number of nitrogens with zero attached hydrogens (tertiary/aromatic N) is 5. The number of nitrogens with one attached hydrogen (secondary N) is 6. The number of carbonyl (C=O) groups excluding carboxylic acids is 12. The van der Waals surface area contributed by atoms with Gasteiger partial charge in [-0.15, -0.1) is 10.1 Å². The van der Waals surface area contributed by atoms with Gasteiger partial charge in [-0.25, -0.2) is 19.2 Å². The maximum Gasteiger partial charge on any atom is 0.363 e. The molecule has 5 saturated heterocycles. The van der Waals surface area contributed by atoms with Crippen molar-refractivity contribution in [2.45, 2.75) is 125 Å². The van der Waals surface area contributed by atoms with Crippen LogP contribution in [-0.4, -0.2) is 180 Å². The molecule has 0 aliphatic carbocycles. The van der Waals surface area contributed by atoms with Gasteiger partial charge in [-0.3, -0.25) is 57.9 Å². The number of aromatic nitrogens is 1. The van der Waals surface area contributed by atoms with Crippen LogP contribution >= 0.6 is 11.8 Å². The van der Waals surface area contributed by atoms with Crippen LogP contribution in [-0.2, 0) is 69.0 Å². The van der Waals surface area contributed by atoms with Crippen molar-refractivity contribution in [1.82, 2.24) is 51.9 Å². The van der Waals surface area contributed by atoms with Gasteiger partial charge in [0.05, 0.1) is 72.5 Å². The van der Waals surface area contributed by atoms with Crippen molar-refractivity contribution in [2.75, 3.05) is 25.4 Å². The molecule has 30 heteroatoms. The van der Waals surface area contributed by atoms with Gasteiger partial charge in [-0.2, -0.15) is 11.8 Å². The van der Waals surface area contributed by atoms with Gasteiger partial charge < -0.3 is 56.7 Å². The third-order valence-corrected chi connectivity index (χ3v) is 15.5. The fourth-order valence-corrected chi connectivity index (χ4v) is 11.2. The predicted molar refractivity (Wildman–Crippen MR) is 285 cm³/mol. The number of allylic oxidation sites excluding steroid dienone is 1. The van der Waals surface area contributed by atoms with Gasteiger partial charge in [0.25, 0.3) is 23.6 Å². The van der Waals surface area contributed by atoms with Gasteiger partial charge in [0.15, 0.2) is 5.78 Å². The van der Waals surface area contributed by atoms with E-state index in [9.17, 15) is 77.3 Å². The van der Waals surface area contributed by atoms with E-state index >= 15 is 0 Å². The zero-order valence-corrected chi connectivity index (χ0v) is 45.5. The number of imide groups is 1. The second-order valence-electron chi connectivity index (χ2n) is 20.0. The number of rotatable bonds is 28. The van der Waals surface area contributed by atoms with Crippen molar-refractivity contribution >= 4 is 101 Å². The van der Waals surface area contributed by atoms with E-state index in [1.165, 1.54) is 36.7 Å². The molecule has 6 heterocycles. The van der Waals surface area contributed by atoms with Crippen LogP contribution in [0.15, 0.2) is 59.9 Å². The first kappa shape index (κ1) is 61.5. The number of carboxylic acids is 2. The first-order valence-corrected chi connectivity index (χ1v) is 27.6. The number of hydrogen-bond donors (Lipinski definition) is 8. The lowest BCUT2D eigenvalue weighted by molar-refractivity contribution is -0.198. The molecule has 0 radical (unpaired) electrons. The normalized spacial score (nSPS) is 20.2. The van der Waals surface area contributed by atoms with Gasteiger partial charge >= 0.3 is 29.9 Å². The Morgan fingerprint density at radius 3 is 2.19 bits per heavy atom. The Hall–Kier alpha value is -9.09. The Bertz CT molecular complexity index is 2930. The van der Waals surface area contributed by atoms with E-state index in [4.69, 9.17) is 9.68 Å². The molecule has 1 aromatic carbocycles. The van der Waals surface area contributed by atoms with Crippen LogP contribution in [0.1, 0.15) is 115 Å². The second kappa shape index (κ2) is 28.6. The Balaban J connectivity index is 0.907. The van der Waals surface area contributed by atoms with E-state index in [1.54, 1.807) is 23.9 Å². The number of unbranched alkanes of at least 4 members (excludes halogenated alkanes) is 1. The number of aliphatic imine (C=N–C) groups is 1. The van der Waals surface area contributed by atoms with Crippen LogP contribution in [0, 0.1) is 5.92 Å². The number of hydrogen-bond acceptors (Lipinski definition) is 19. The number of Topliss-reactive ketones (excluding diaryl/α,β-unsaturated/α-hetero) is 1. The highest BCUT2D eigenvalue weighted by Gasteiger charge is 2.43. The van der Waals surface area contributed by atoms with E-state index in [-0.39, 0.29) is 97.1 Å². The molecular weight excluding hydrogens is 1110 g/mol. The summed E-state index contributed by atoms with van der Waals surface area (Å²) in [7, 11) is 0. The summed E-state index contributed by atoms with van der Waals surface area (Å²) in [6.07, 6.45) is 2.25. The van der Waals surface area contributed by atoms with Crippen LogP contribution in [0.5, 0.6) is 0 Å². The third kappa shape index (κ3) is 17.0. The van der Waals surface area contributed by atoms with Gasteiger partial charge in [-0.05, 0) is 61.9 Å². The lowest BCUT2D eigenvalue weighted by Crippen LogP contribution is -2.53. The van der Waals surface area contributed by atoms with Crippen LogP contribution in [0.3, 0.4) is 0 Å². The summed E-state index contributed by atoms with van der Waals surface area (Å²) >= 11 is 1.73. The number of carbonyl (C=O) groups is 14. The molecule has 7 atom stereocenters. The summed E-state index contributed by atoms with van der Waals surface area (Å²) in [5.74, 6) is -13.3. The molecule has 83 heavy (non-hydrogen) atoms. The van der Waals surface area contributed by atoms with Crippen molar-refractivity contribution in [3.8, 4) is 0 Å².